The molecule has 0 spiro atoms. The van der Waals surface area contributed by atoms with Gasteiger partial charge in [-0.1, -0.05) is 17.3 Å². The molecular formula is C16H12F3N5O2. The Morgan fingerprint density at radius 2 is 1.88 bits per heavy atom. The second kappa shape index (κ2) is 6.82. The summed E-state index contributed by atoms with van der Waals surface area (Å²) in [5.41, 5.74) is -1.43. The zero-order valence-corrected chi connectivity index (χ0v) is 13.3. The van der Waals surface area contributed by atoms with E-state index in [1.807, 2.05) is 0 Å². The fraction of sp³-hybridized carbons (Fsp3) is 0.125. The number of carbonyl (C=O) groups excluding carboxylic acids is 1. The Hall–Kier alpha value is -3.43. The van der Waals surface area contributed by atoms with Crippen LogP contribution in [0.3, 0.4) is 0 Å². The zero-order valence-electron chi connectivity index (χ0n) is 13.3. The van der Waals surface area contributed by atoms with Crippen LogP contribution in [-0.4, -0.2) is 21.0 Å². The van der Waals surface area contributed by atoms with E-state index in [2.05, 4.69) is 25.8 Å². The highest BCUT2D eigenvalue weighted by molar-refractivity contribution is 6.03. The van der Waals surface area contributed by atoms with E-state index in [0.29, 0.717) is 17.4 Å². The number of benzene rings is 1. The third-order valence-corrected chi connectivity index (χ3v) is 3.25. The fourth-order valence-electron chi connectivity index (χ4n) is 2.09. The van der Waals surface area contributed by atoms with Gasteiger partial charge in [-0.3, -0.25) is 4.79 Å². The Morgan fingerprint density at radius 3 is 2.50 bits per heavy atom. The van der Waals surface area contributed by atoms with Crippen LogP contribution in [0.15, 0.2) is 47.2 Å². The Kier molecular flexibility index (Phi) is 4.57. The lowest BCUT2D eigenvalue weighted by Crippen LogP contribution is -2.18. The van der Waals surface area contributed by atoms with Crippen molar-refractivity contribution in [1.29, 1.82) is 0 Å². The number of amides is 1. The molecule has 10 heteroatoms. The van der Waals surface area contributed by atoms with Gasteiger partial charge in [0.25, 0.3) is 5.91 Å². The topological polar surface area (TPSA) is 92.9 Å². The molecule has 0 saturated carbocycles. The molecule has 0 radical (unpaired) electrons. The summed E-state index contributed by atoms with van der Waals surface area (Å²) in [6.07, 6.45) is -2.19. The number of alkyl halides is 3. The standard InChI is InChI=1S/C16H12F3N5O2/c1-9-6-13(24-26-9)23-14-8-20-12(7-21-14)15(25)22-11-5-3-2-4-10(11)16(17,18)19/h2-8H,1H3,(H,22,25)(H,21,23,24). The monoisotopic (exact) mass is 363 g/mol. The lowest BCUT2D eigenvalue weighted by Gasteiger charge is -2.13. The van der Waals surface area contributed by atoms with Gasteiger partial charge in [0.1, 0.15) is 17.3 Å². The molecule has 3 rings (SSSR count). The number of para-hydroxylation sites is 1. The number of rotatable bonds is 4. The number of carbonyl (C=O) groups is 1. The molecule has 0 aliphatic rings. The minimum Gasteiger partial charge on any atom is -0.360 e. The van der Waals surface area contributed by atoms with Gasteiger partial charge in [0.2, 0.25) is 0 Å². The van der Waals surface area contributed by atoms with Crippen LogP contribution >= 0.6 is 0 Å². The van der Waals surface area contributed by atoms with Gasteiger partial charge in [-0.15, -0.1) is 0 Å². The minimum atomic E-state index is -4.58. The maximum atomic E-state index is 13.0. The molecule has 0 bridgehead atoms. The summed E-state index contributed by atoms with van der Waals surface area (Å²) in [6.45, 7) is 1.72. The van der Waals surface area contributed by atoms with Gasteiger partial charge in [0.15, 0.2) is 5.82 Å². The van der Waals surface area contributed by atoms with Crippen LogP contribution in [0.4, 0.5) is 30.5 Å². The summed E-state index contributed by atoms with van der Waals surface area (Å²) < 4.78 is 43.8. The molecule has 0 unspecified atom stereocenters. The van der Waals surface area contributed by atoms with E-state index in [0.717, 1.165) is 18.3 Å². The van der Waals surface area contributed by atoms with Crippen molar-refractivity contribution in [1.82, 2.24) is 15.1 Å². The highest BCUT2D eigenvalue weighted by Crippen LogP contribution is 2.34. The van der Waals surface area contributed by atoms with Crippen molar-refractivity contribution in [2.24, 2.45) is 0 Å². The van der Waals surface area contributed by atoms with Crippen LogP contribution < -0.4 is 10.6 Å². The van der Waals surface area contributed by atoms with Crippen molar-refractivity contribution in [3.8, 4) is 0 Å². The van der Waals surface area contributed by atoms with E-state index in [1.165, 1.54) is 18.3 Å². The molecule has 2 aromatic heterocycles. The molecule has 0 atom stereocenters. The van der Waals surface area contributed by atoms with Crippen molar-refractivity contribution < 1.29 is 22.5 Å². The van der Waals surface area contributed by atoms with Gasteiger partial charge in [-0.05, 0) is 19.1 Å². The van der Waals surface area contributed by atoms with Crippen molar-refractivity contribution in [3.05, 3.63) is 59.7 Å². The summed E-state index contributed by atoms with van der Waals surface area (Å²) in [5, 5.41) is 8.72. The molecule has 0 aliphatic heterocycles. The molecule has 0 aliphatic carbocycles. The fourth-order valence-corrected chi connectivity index (χ4v) is 2.09. The predicted molar refractivity (Wildman–Crippen MR) is 86.0 cm³/mol. The summed E-state index contributed by atoms with van der Waals surface area (Å²) in [7, 11) is 0. The van der Waals surface area contributed by atoms with Gasteiger partial charge < -0.3 is 15.2 Å². The molecule has 134 valence electrons. The second-order valence-corrected chi connectivity index (χ2v) is 5.23. The molecule has 0 fully saturated rings. The normalized spacial score (nSPS) is 11.2. The average Bonchev–Trinajstić information content (AvgIpc) is 3.00. The second-order valence-electron chi connectivity index (χ2n) is 5.23. The lowest BCUT2D eigenvalue weighted by atomic mass is 10.1. The first kappa shape index (κ1) is 17.4. The molecule has 1 amide bonds. The number of anilines is 3. The molecule has 0 saturated heterocycles. The Labute approximate surface area is 145 Å². The van der Waals surface area contributed by atoms with E-state index in [4.69, 9.17) is 4.52 Å². The smallest absolute Gasteiger partial charge is 0.360 e. The quantitative estimate of drug-likeness (QED) is 0.733. The molecule has 26 heavy (non-hydrogen) atoms. The Balaban J connectivity index is 1.73. The predicted octanol–water partition coefficient (Wildman–Crippen LogP) is 3.79. The van der Waals surface area contributed by atoms with Crippen LogP contribution in [0.1, 0.15) is 21.8 Å². The third-order valence-electron chi connectivity index (χ3n) is 3.25. The molecule has 2 N–H and O–H groups in total. The molecule has 3 aromatic rings. The van der Waals surface area contributed by atoms with Crippen molar-refractivity contribution in [2.45, 2.75) is 13.1 Å². The number of hydrogen-bond donors (Lipinski definition) is 2. The summed E-state index contributed by atoms with van der Waals surface area (Å²) in [4.78, 5) is 20.0. The van der Waals surface area contributed by atoms with E-state index in [9.17, 15) is 18.0 Å². The third kappa shape index (κ3) is 3.97. The van der Waals surface area contributed by atoms with Gasteiger partial charge in [-0.2, -0.15) is 13.2 Å². The Bertz CT molecular complexity index is 922. The van der Waals surface area contributed by atoms with Crippen LogP contribution in [0, 0.1) is 6.92 Å². The lowest BCUT2D eigenvalue weighted by molar-refractivity contribution is -0.136. The highest BCUT2D eigenvalue weighted by Gasteiger charge is 2.33. The van der Waals surface area contributed by atoms with E-state index in [-0.39, 0.29) is 11.4 Å². The maximum Gasteiger partial charge on any atom is 0.418 e. The number of halogens is 3. The number of nitrogens with one attached hydrogen (secondary N) is 2. The molecule has 2 heterocycles. The average molecular weight is 363 g/mol. The van der Waals surface area contributed by atoms with E-state index < -0.39 is 17.6 Å². The van der Waals surface area contributed by atoms with Gasteiger partial charge >= 0.3 is 6.18 Å². The molecule has 7 nitrogen and oxygen atoms in total. The number of hydrogen-bond acceptors (Lipinski definition) is 6. The van der Waals surface area contributed by atoms with Crippen LogP contribution in [0.25, 0.3) is 0 Å². The van der Waals surface area contributed by atoms with Crippen molar-refractivity contribution in [3.63, 3.8) is 0 Å². The molecular weight excluding hydrogens is 351 g/mol. The maximum absolute atomic E-state index is 13.0. The molecule has 1 aromatic carbocycles. The highest BCUT2D eigenvalue weighted by atomic mass is 19.4. The number of nitrogens with zero attached hydrogens (tertiary/aromatic N) is 3. The number of aryl methyl sites for hydroxylation is 1. The Morgan fingerprint density at radius 1 is 1.12 bits per heavy atom. The first-order valence-corrected chi connectivity index (χ1v) is 7.33. The largest absolute Gasteiger partial charge is 0.418 e. The van der Waals surface area contributed by atoms with Gasteiger partial charge in [0, 0.05) is 6.07 Å². The van der Waals surface area contributed by atoms with E-state index >= 15 is 0 Å². The zero-order chi connectivity index (χ0) is 18.7. The first-order chi connectivity index (χ1) is 12.3. The summed E-state index contributed by atoms with van der Waals surface area (Å²) >= 11 is 0. The summed E-state index contributed by atoms with van der Waals surface area (Å²) in [5.74, 6) is 0.497. The summed E-state index contributed by atoms with van der Waals surface area (Å²) in [6, 6.07) is 6.31. The van der Waals surface area contributed by atoms with Gasteiger partial charge in [-0.25, -0.2) is 9.97 Å². The van der Waals surface area contributed by atoms with Crippen LogP contribution in [-0.2, 0) is 6.18 Å². The van der Waals surface area contributed by atoms with Crippen molar-refractivity contribution in [2.75, 3.05) is 10.6 Å². The first-order valence-electron chi connectivity index (χ1n) is 7.33. The SMILES string of the molecule is Cc1cc(Nc2cnc(C(=O)Nc3ccccc3C(F)(F)F)cn2)no1. The minimum absolute atomic E-state index is 0.135. The van der Waals surface area contributed by atoms with Gasteiger partial charge in [0.05, 0.1) is 23.6 Å². The van der Waals surface area contributed by atoms with E-state index in [1.54, 1.807) is 13.0 Å². The van der Waals surface area contributed by atoms with Crippen LogP contribution in [0.5, 0.6) is 0 Å². The van der Waals surface area contributed by atoms with Crippen LogP contribution in [0.2, 0.25) is 0 Å². The number of aromatic nitrogens is 3. The van der Waals surface area contributed by atoms with Crippen molar-refractivity contribution >= 4 is 23.2 Å².